The molecule has 6 heteroatoms. The summed E-state index contributed by atoms with van der Waals surface area (Å²) in [6, 6.07) is 11.1. The van der Waals surface area contributed by atoms with Crippen LogP contribution in [0.1, 0.15) is 44.6 Å². The predicted molar refractivity (Wildman–Crippen MR) is 114 cm³/mol. The van der Waals surface area contributed by atoms with Crippen molar-refractivity contribution in [2.75, 3.05) is 39.4 Å². The number of carbonyl (C=O) groups excluding carboxylic acids is 2. The molecule has 0 saturated carbocycles. The highest BCUT2D eigenvalue weighted by Gasteiger charge is 2.31. The molecule has 0 atom stereocenters. The molecule has 2 amide bonds. The van der Waals surface area contributed by atoms with E-state index >= 15 is 0 Å². The molecule has 29 heavy (non-hydrogen) atoms. The van der Waals surface area contributed by atoms with E-state index in [2.05, 4.69) is 22.3 Å². The lowest BCUT2D eigenvalue weighted by Crippen LogP contribution is -2.53. The van der Waals surface area contributed by atoms with Crippen LogP contribution in [0.3, 0.4) is 0 Å². The van der Waals surface area contributed by atoms with Gasteiger partial charge in [0.1, 0.15) is 0 Å². The number of nitrogens with zero attached hydrogens (tertiary/aromatic N) is 2. The van der Waals surface area contributed by atoms with Crippen molar-refractivity contribution in [3.8, 4) is 0 Å². The van der Waals surface area contributed by atoms with Gasteiger partial charge in [-0.05, 0) is 37.7 Å². The predicted octanol–water partition coefficient (Wildman–Crippen LogP) is 2.23. The molecule has 2 heterocycles. The minimum atomic E-state index is 0.118. The summed E-state index contributed by atoms with van der Waals surface area (Å²) in [6.07, 6.45) is 5.43. The molecule has 160 valence electrons. The van der Waals surface area contributed by atoms with E-state index in [4.69, 9.17) is 4.74 Å². The van der Waals surface area contributed by atoms with E-state index < -0.39 is 0 Å². The Bertz CT molecular complexity index is 638. The average Bonchev–Trinajstić information content (AvgIpc) is 2.77. The van der Waals surface area contributed by atoms with E-state index in [0.29, 0.717) is 25.0 Å². The number of ether oxygens (including phenoxy) is 1. The SMILES string of the molecule is CC(=O)N1CCC(N(CCNC(=O)CCc2ccccc2)C2CCOCC2)CC1. The van der Waals surface area contributed by atoms with E-state index in [1.54, 1.807) is 6.92 Å². The lowest BCUT2D eigenvalue weighted by atomic mass is 9.98. The monoisotopic (exact) mass is 401 g/mol. The van der Waals surface area contributed by atoms with Gasteiger partial charge in [0.25, 0.3) is 0 Å². The second kappa shape index (κ2) is 11.3. The maximum Gasteiger partial charge on any atom is 0.220 e. The molecule has 0 aliphatic carbocycles. The van der Waals surface area contributed by atoms with Crippen LogP contribution in [0.5, 0.6) is 0 Å². The van der Waals surface area contributed by atoms with Gasteiger partial charge < -0.3 is 15.0 Å². The minimum Gasteiger partial charge on any atom is -0.381 e. The van der Waals surface area contributed by atoms with Crippen molar-refractivity contribution in [1.29, 1.82) is 0 Å². The van der Waals surface area contributed by atoms with Crippen molar-refractivity contribution in [3.63, 3.8) is 0 Å². The first-order chi connectivity index (χ1) is 14.1. The molecule has 3 rings (SSSR count). The minimum absolute atomic E-state index is 0.118. The van der Waals surface area contributed by atoms with Gasteiger partial charge in [-0.25, -0.2) is 0 Å². The van der Waals surface area contributed by atoms with Gasteiger partial charge in [0, 0.05) is 64.8 Å². The van der Waals surface area contributed by atoms with Gasteiger partial charge in [-0.3, -0.25) is 14.5 Å². The molecular formula is C23H35N3O3. The van der Waals surface area contributed by atoms with E-state index in [9.17, 15) is 9.59 Å². The third-order valence-corrected chi connectivity index (χ3v) is 6.21. The Hall–Kier alpha value is -1.92. The summed E-state index contributed by atoms with van der Waals surface area (Å²) >= 11 is 0. The Morgan fingerprint density at radius 3 is 2.38 bits per heavy atom. The van der Waals surface area contributed by atoms with Crippen molar-refractivity contribution in [3.05, 3.63) is 35.9 Å². The van der Waals surface area contributed by atoms with Crippen molar-refractivity contribution in [1.82, 2.24) is 15.1 Å². The fraction of sp³-hybridized carbons (Fsp3) is 0.652. The van der Waals surface area contributed by atoms with Crippen LogP contribution in [0.2, 0.25) is 0 Å². The molecule has 0 radical (unpaired) electrons. The van der Waals surface area contributed by atoms with Gasteiger partial charge in [0.2, 0.25) is 11.8 Å². The molecule has 0 unspecified atom stereocenters. The second-order valence-corrected chi connectivity index (χ2v) is 8.15. The number of nitrogens with one attached hydrogen (secondary N) is 1. The first-order valence-corrected chi connectivity index (χ1v) is 11.0. The lowest BCUT2D eigenvalue weighted by molar-refractivity contribution is -0.130. The number of hydrogen-bond acceptors (Lipinski definition) is 4. The topological polar surface area (TPSA) is 61.9 Å². The molecule has 2 fully saturated rings. The second-order valence-electron chi connectivity index (χ2n) is 8.15. The lowest BCUT2D eigenvalue weighted by Gasteiger charge is -2.43. The van der Waals surface area contributed by atoms with E-state index in [-0.39, 0.29) is 11.8 Å². The van der Waals surface area contributed by atoms with Gasteiger partial charge in [0.15, 0.2) is 0 Å². The van der Waals surface area contributed by atoms with Crippen molar-refractivity contribution in [2.45, 2.75) is 57.5 Å². The molecule has 0 bridgehead atoms. The molecule has 0 aromatic heterocycles. The van der Waals surface area contributed by atoms with Gasteiger partial charge in [-0.1, -0.05) is 30.3 Å². The number of hydrogen-bond donors (Lipinski definition) is 1. The van der Waals surface area contributed by atoms with Crippen LogP contribution < -0.4 is 5.32 Å². The highest BCUT2D eigenvalue weighted by Crippen LogP contribution is 2.23. The molecule has 2 aliphatic heterocycles. The largest absolute Gasteiger partial charge is 0.381 e. The first-order valence-electron chi connectivity index (χ1n) is 11.0. The van der Waals surface area contributed by atoms with Crippen LogP contribution in [0.25, 0.3) is 0 Å². The van der Waals surface area contributed by atoms with E-state index in [1.165, 1.54) is 5.56 Å². The molecule has 1 N–H and O–H groups in total. The van der Waals surface area contributed by atoms with E-state index in [1.807, 2.05) is 23.1 Å². The van der Waals surface area contributed by atoms with Gasteiger partial charge in [0.05, 0.1) is 0 Å². The number of benzene rings is 1. The van der Waals surface area contributed by atoms with Gasteiger partial charge >= 0.3 is 0 Å². The highest BCUT2D eigenvalue weighted by molar-refractivity contribution is 5.76. The number of carbonyl (C=O) groups is 2. The Morgan fingerprint density at radius 2 is 1.72 bits per heavy atom. The number of amides is 2. The van der Waals surface area contributed by atoms with Crippen LogP contribution in [0.15, 0.2) is 30.3 Å². The number of rotatable bonds is 8. The summed E-state index contributed by atoms with van der Waals surface area (Å²) < 4.78 is 5.55. The Labute approximate surface area is 174 Å². The third kappa shape index (κ3) is 6.82. The Kier molecular flexibility index (Phi) is 8.50. The standard InChI is InChI=1S/C23H35N3O3/c1-19(27)25-14-9-21(10-15-25)26(22-11-17-29-18-12-22)16-13-24-23(28)8-7-20-5-3-2-4-6-20/h2-6,21-22H,7-18H2,1H3,(H,24,28). The molecule has 1 aromatic rings. The number of piperidine rings is 1. The number of likely N-dealkylation sites (tertiary alicyclic amines) is 1. The van der Waals surface area contributed by atoms with E-state index in [0.717, 1.165) is 65.0 Å². The van der Waals surface area contributed by atoms with Crippen LogP contribution in [-0.4, -0.2) is 73.1 Å². The summed E-state index contributed by atoms with van der Waals surface area (Å²) in [5.41, 5.74) is 1.20. The molecule has 6 nitrogen and oxygen atoms in total. The maximum atomic E-state index is 12.3. The van der Waals surface area contributed by atoms with Gasteiger partial charge in [-0.2, -0.15) is 0 Å². The van der Waals surface area contributed by atoms with Crippen molar-refractivity contribution < 1.29 is 14.3 Å². The summed E-state index contributed by atoms with van der Waals surface area (Å²) in [7, 11) is 0. The smallest absolute Gasteiger partial charge is 0.220 e. The Morgan fingerprint density at radius 1 is 1.07 bits per heavy atom. The fourth-order valence-electron chi connectivity index (χ4n) is 4.51. The first kappa shape index (κ1) is 21.8. The quantitative estimate of drug-likeness (QED) is 0.726. The van der Waals surface area contributed by atoms with Crippen LogP contribution in [0, 0.1) is 0 Å². The highest BCUT2D eigenvalue weighted by atomic mass is 16.5. The van der Waals surface area contributed by atoms with Crippen LogP contribution in [0.4, 0.5) is 0 Å². The Balaban J connectivity index is 1.46. The van der Waals surface area contributed by atoms with Crippen LogP contribution in [-0.2, 0) is 20.7 Å². The molecular weight excluding hydrogens is 366 g/mol. The number of aryl methyl sites for hydroxylation is 1. The average molecular weight is 402 g/mol. The van der Waals surface area contributed by atoms with Crippen LogP contribution >= 0.6 is 0 Å². The zero-order valence-corrected chi connectivity index (χ0v) is 17.6. The molecule has 1 aromatic carbocycles. The fourth-order valence-corrected chi connectivity index (χ4v) is 4.51. The summed E-state index contributed by atoms with van der Waals surface area (Å²) in [4.78, 5) is 28.4. The third-order valence-electron chi connectivity index (χ3n) is 6.21. The van der Waals surface area contributed by atoms with Crippen molar-refractivity contribution >= 4 is 11.8 Å². The molecule has 0 spiro atoms. The zero-order valence-electron chi connectivity index (χ0n) is 17.6. The van der Waals surface area contributed by atoms with Gasteiger partial charge in [-0.15, -0.1) is 0 Å². The molecule has 2 aliphatic rings. The summed E-state index contributed by atoms with van der Waals surface area (Å²) in [5, 5.41) is 3.11. The van der Waals surface area contributed by atoms with Crippen molar-refractivity contribution in [2.24, 2.45) is 0 Å². The zero-order chi connectivity index (χ0) is 20.5. The summed E-state index contributed by atoms with van der Waals surface area (Å²) in [6.45, 7) is 6.51. The maximum absolute atomic E-state index is 12.3. The molecule has 2 saturated heterocycles. The summed E-state index contributed by atoms with van der Waals surface area (Å²) in [5.74, 6) is 0.291. The normalized spacial score (nSPS) is 18.8.